The van der Waals surface area contributed by atoms with Gasteiger partial charge in [0.15, 0.2) is 17.3 Å². The van der Waals surface area contributed by atoms with Gasteiger partial charge in [0.1, 0.15) is 5.75 Å². The number of anilines is 1. The lowest BCUT2D eigenvalue weighted by molar-refractivity contribution is 0.104. The summed E-state index contributed by atoms with van der Waals surface area (Å²) in [6.45, 7) is 0. The van der Waals surface area contributed by atoms with E-state index in [1.165, 1.54) is 6.08 Å². The fourth-order valence-corrected chi connectivity index (χ4v) is 2.01. The molecule has 2 rings (SSSR count). The molecule has 1 N–H and O–H groups in total. The van der Waals surface area contributed by atoms with Gasteiger partial charge in [-0.2, -0.15) is 0 Å². The first-order chi connectivity index (χ1) is 11.2. The molecular formula is C18H19NO4. The van der Waals surface area contributed by atoms with Crippen LogP contribution >= 0.6 is 0 Å². The Hall–Kier alpha value is -2.95. The van der Waals surface area contributed by atoms with E-state index >= 15 is 0 Å². The topological polar surface area (TPSA) is 56.8 Å². The summed E-state index contributed by atoms with van der Waals surface area (Å²) in [6, 6.07) is 12.4. The van der Waals surface area contributed by atoms with Crippen LogP contribution in [0, 0.1) is 0 Å². The van der Waals surface area contributed by atoms with E-state index in [0.717, 1.165) is 5.69 Å². The van der Waals surface area contributed by atoms with Gasteiger partial charge in [-0.25, -0.2) is 0 Å². The number of methoxy groups -OCH3 is 3. The van der Waals surface area contributed by atoms with Crippen molar-refractivity contribution in [2.75, 3.05) is 26.6 Å². The number of benzene rings is 2. The van der Waals surface area contributed by atoms with Crippen molar-refractivity contribution in [1.82, 2.24) is 0 Å². The van der Waals surface area contributed by atoms with Gasteiger partial charge in [-0.3, -0.25) is 4.79 Å². The minimum atomic E-state index is -0.114. The third-order valence-corrected chi connectivity index (χ3v) is 3.22. The molecule has 0 radical (unpaired) electrons. The Labute approximate surface area is 135 Å². The average molecular weight is 313 g/mol. The van der Waals surface area contributed by atoms with Crippen molar-refractivity contribution in [3.63, 3.8) is 0 Å². The molecule has 23 heavy (non-hydrogen) atoms. The van der Waals surface area contributed by atoms with Crippen molar-refractivity contribution in [3.05, 3.63) is 60.3 Å². The lowest BCUT2D eigenvalue weighted by atomic mass is 10.1. The lowest BCUT2D eigenvalue weighted by Crippen LogP contribution is -1.97. The Kier molecular flexibility index (Phi) is 5.63. The largest absolute Gasteiger partial charge is 0.497 e. The zero-order valence-electron chi connectivity index (χ0n) is 13.3. The maximum absolute atomic E-state index is 12.1. The van der Waals surface area contributed by atoms with E-state index in [0.29, 0.717) is 22.8 Å². The zero-order valence-corrected chi connectivity index (χ0v) is 13.3. The molecule has 0 heterocycles. The van der Waals surface area contributed by atoms with Gasteiger partial charge in [0.05, 0.1) is 21.3 Å². The van der Waals surface area contributed by atoms with Crippen molar-refractivity contribution in [2.24, 2.45) is 0 Å². The number of nitrogens with one attached hydrogen (secondary N) is 1. The number of ether oxygens (including phenoxy) is 3. The standard InChI is InChI=1S/C18H19NO4/c1-21-15-6-4-5-13(11-15)16(20)9-10-19-14-7-8-17(22-2)18(12-14)23-3/h4-12,19H,1-3H3/b10-9+. The first-order valence-corrected chi connectivity index (χ1v) is 7.01. The molecule has 120 valence electrons. The fourth-order valence-electron chi connectivity index (χ4n) is 2.01. The van der Waals surface area contributed by atoms with E-state index in [1.54, 1.807) is 63.9 Å². The molecular weight excluding hydrogens is 294 g/mol. The normalized spacial score (nSPS) is 10.4. The zero-order chi connectivity index (χ0) is 16.7. The van der Waals surface area contributed by atoms with Crippen LogP contribution < -0.4 is 19.5 Å². The molecule has 5 heteroatoms. The van der Waals surface area contributed by atoms with Gasteiger partial charge in [-0.1, -0.05) is 12.1 Å². The molecule has 0 spiro atoms. The van der Waals surface area contributed by atoms with Crippen LogP contribution in [0.1, 0.15) is 10.4 Å². The van der Waals surface area contributed by atoms with Gasteiger partial charge in [0.25, 0.3) is 0 Å². The molecule has 0 aliphatic rings. The number of hydrogen-bond acceptors (Lipinski definition) is 5. The van der Waals surface area contributed by atoms with E-state index in [2.05, 4.69) is 5.32 Å². The van der Waals surface area contributed by atoms with Gasteiger partial charge < -0.3 is 19.5 Å². The second-order valence-corrected chi connectivity index (χ2v) is 4.64. The predicted octanol–water partition coefficient (Wildman–Crippen LogP) is 3.52. The molecule has 0 saturated heterocycles. The Morgan fingerprint density at radius 2 is 1.74 bits per heavy atom. The number of rotatable bonds is 7. The van der Waals surface area contributed by atoms with Gasteiger partial charge in [-0.15, -0.1) is 0 Å². The molecule has 0 amide bonds. The fraction of sp³-hybridized carbons (Fsp3) is 0.167. The number of ketones is 1. The third-order valence-electron chi connectivity index (χ3n) is 3.22. The first-order valence-electron chi connectivity index (χ1n) is 7.01. The van der Waals surface area contributed by atoms with Crippen LogP contribution in [0.4, 0.5) is 5.69 Å². The Morgan fingerprint density at radius 1 is 0.957 bits per heavy atom. The van der Waals surface area contributed by atoms with Crippen LogP contribution in [0.5, 0.6) is 17.2 Å². The minimum absolute atomic E-state index is 0.114. The summed E-state index contributed by atoms with van der Waals surface area (Å²) in [6.07, 6.45) is 3.05. The molecule has 0 saturated carbocycles. The second kappa shape index (κ2) is 7.89. The molecule has 0 bridgehead atoms. The Morgan fingerprint density at radius 3 is 2.43 bits per heavy atom. The van der Waals surface area contributed by atoms with Crippen LogP contribution in [0.25, 0.3) is 0 Å². The highest BCUT2D eigenvalue weighted by Crippen LogP contribution is 2.29. The van der Waals surface area contributed by atoms with Crippen molar-refractivity contribution in [1.29, 1.82) is 0 Å². The third kappa shape index (κ3) is 4.26. The summed E-state index contributed by atoms with van der Waals surface area (Å²) in [5, 5.41) is 3.03. The molecule has 0 unspecified atom stereocenters. The molecule has 0 aliphatic heterocycles. The predicted molar refractivity (Wildman–Crippen MR) is 89.6 cm³/mol. The Balaban J connectivity index is 2.04. The Bertz CT molecular complexity index is 710. The van der Waals surface area contributed by atoms with Crippen LogP contribution in [-0.4, -0.2) is 27.1 Å². The SMILES string of the molecule is COc1cccc(C(=O)/C=C/Nc2ccc(OC)c(OC)c2)c1. The number of allylic oxidation sites excluding steroid dienone is 1. The van der Waals surface area contributed by atoms with Gasteiger partial charge >= 0.3 is 0 Å². The van der Waals surface area contributed by atoms with Crippen LogP contribution in [-0.2, 0) is 0 Å². The highest BCUT2D eigenvalue weighted by atomic mass is 16.5. The average Bonchev–Trinajstić information content (AvgIpc) is 2.61. The molecule has 0 fully saturated rings. The van der Waals surface area contributed by atoms with Gasteiger partial charge in [0.2, 0.25) is 0 Å². The van der Waals surface area contributed by atoms with Crippen molar-refractivity contribution < 1.29 is 19.0 Å². The first kappa shape index (κ1) is 16.4. The monoisotopic (exact) mass is 313 g/mol. The van der Waals surface area contributed by atoms with E-state index < -0.39 is 0 Å². The highest BCUT2D eigenvalue weighted by molar-refractivity contribution is 6.04. The molecule has 0 atom stereocenters. The van der Waals surface area contributed by atoms with E-state index in [9.17, 15) is 4.79 Å². The maximum Gasteiger partial charge on any atom is 0.187 e. The quantitative estimate of drug-likeness (QED) is 0.626. The maximum atomic E-state index is 12.1. The summed E-state index contributed by atoms with van der Waals surface area (Å²) in [5.41, 5.74) is 1.35. The van der Waals surface area contributed by atoms with Crippen LogP contribution in [0.3, 0.4) is 0 Å². The van der Waals surface area contributed by atoms with Crippen molar-refractivity contribution >= 4 is 11.5 Å². The van der Waals surface area contributed by atoms with Crippen LogP contribution in [0.15, 0.2) is 54.7 Å². The van der Waals surface area contributed by atoms with Crippen LogP contribution in [0.2, 0.25) is 0 Å². The summed E-state index contributed by atoms with van der Waals surface area (Å²) in [4.78, 5) is 12.1. The number of carbonyl (C=O) groups is 1. The second-order valence-electron chi connectivity index (χ2n) is 4.64. The summed E-state index contributed by atoms with van der Waals surface area (Å²) < 4.78 is 15.5. The van der Waals surface area contributed by atoms with Gasteiger partial charge in [-0.05, 0) is 24.3 Å². The van der Waals surface area contributed by atoms with Gasteiger partial charge in [0, 0.05) is 29.6 Å². The number of hydrogen-bond donors (Lipinski definition) is 1. The number of carbonyl (C=O) groups excluding carboxylic acids is 1. The van der Waals surface area contributed by atoms with Crippen molar-refractivity contribution in [2.45, 2.75) is 0 Å². The van der Waals surface area contributed by atoms with E-state index in [-0.39, 0.29) is 5.78 Å². The van der Waals surface area contributed by atoms with Crippen molar-refractivity contribution in [3.8, 4) is 17.2 Å². The molecule has 5 nitrogen and oxygen atoms in total. The smallest absolute Gasteiger partial charge is 0.187 e. The lowest BCUT2D eigenvalue weighted by Gasteiger charge is -2.09. The summed E-state index contributed by atoms with van der Waals surface area (Å²) in [5.74, 6) is 1.80. The molecule has 0 aromatic heterocycles. The minimum Gasteiger partial charge on any atom is -0.497 e. The summed E-state index contributed by atoms with van der Waals surface area (Å²) in [7, 11) is 4.72. The van der Waals surface area contributed by atoms with E-state index in [4.69, 9.17) is 14.2 Å². The highest BCUT2D eigenvalue weighted by Gasteiger charge is 2.04. The summed E-state index contributed by atoms with van der Waals surface area (Å²) >= 11 is 0. The molecule has 2 aromatic carbocycles. The molecule has 0 aliphatic carbocycles. The molecule has 2 aromatic rings. The van der Waals surface area contributed by atoms with E-state index in [1.807, 2.05) is 6.07 Å².